The van der Waals surface area contributed by atoms with E-state index in [4.69, 9.17) is 5.73 Å². The van der Waals surface area contributed by atoms with E-state index in [1.165, 1.54) is 6.92 Å². The number of nitrogens with zero attached hydrogens (tertiary/aromatic N) is 1. The number of ether oxygens (including phenoxy) is 1. The largest absolute Gasteiger partial charge is 0.463 e. The molecule has 0 aromatic heterocycles. The molecule has 8 heteroatoms. The van der Waals surface area contributed by atoms with Gasteiger partial charge in [-0.05, 0) is 58.4 Å². The molecule has 1 atom stereocenters. The Labute approximate surface area is 209 Å². The van der Waals surface area contributed by atoms with Crippen molar-refractivity contribution in [3.05, 3.63) is 47.2 Å². The zero-order valence-electron chi connectivity index (χ0n) is 22.5. The second-order valence-corrected chi connectivity index (χ2v) is 8.46. The summed E-state index contributed by atoms with van der Waals surface area (Å²) in [5, 5.41) is 0. The molecule has 0 aliphatic heterocycles. The molecule has 1 aromatic rings. The van der Waals surface area contributed by atoms with E-state index in [0.717, 1.165) is 36.1 Å². The minimum atomic E-state index is -4.04. The van der Waals surface area contributed by atoms with Crippen molar-refractivity contribution in [1.82, 2.24) is 0 Å². The van der Waals surface area contributed by atoms with Crippen molar-refractivity contribution in [2.24, 2.45) is 10.7 Å². The topological polar surface area (TPSA) is 81.8 Å². The number of allylic oxidation sites excluding steroid dienone is 2. The van der Waals surface area contributed by atoms with Crippen LogP contribution in [-0.4, -0.2) is 29.9 Å². The number of carbonyl (C=O) groups is 2. The van der Waals surface area contributed by atoms with Crippen molar-refractivity contribution < 1.29 is 27.5 Å². The summed E-state index contributed by atoms with van der Waals surface area (Å²) in [5.74, 6) is 0.373. The highest BCUT2D eigenvalue weighted by Crippen LogP contribution is 2.28. The summed E-state index contributed by atoms with van der Waals surface area (Å²) in [6, 6.07) is 9.28. The number of alkyl halides is 3. The lowest BCUT2D eigenvalue weighted by molar-refractivity contribution is -0.144. The van der Waals surface area contributed by atoms with Crippen LogP contribution in [0.25, 0.3) is 0 Å². The highest BCUT2D eigenvalue weighted by Gasteiger charge is 2.27. The standard InChI is InChI=1S/C11H13F3.C11H20N2O.C5H10O2/c1-9(7-8-11(12,13)14)10-5-3-2-4-6-10;1-5-7-10(8(3)14)11(6-2)13-9(4)12;1-4(2)7-5(3)6/h2-6,9H,7-8H2,1H3;5-7H2,1-4H3,(H2,12,13);4H,1-3H3/b;11-10-;. The fourth-order valence-corrected chi connectivity index (χ4v) is 3.01. The predicted octanol–water partition coefficient (Wildman–Crippen LogP) is 7.51. The van der Waals surface area contributed by atoms with E-state index >= 15 is 0 Å². The van der Waals surface area contributed by atoms with Gasteiger partial charge in [-0.1, -0.05) is 57.5 Å². The van der Waals surface area contributed by atoms with Gasteiger partial charge >= 0.3 is 12.1 Å². The van der Waals surface area contributed by atoms with Crippen molar-refractivity contribution >= 4 is 17.6 Å². The number of aliphatic imine (C=N–C) groups is 1. The summed E-state index contributed by atoms with van der Waals surface area (Å²) >= 11 is 0. The SMILES string of the molecule is CC(=O)OC(C)C.CC(CCC(F)(F)F)c1ccccc1.CCC/C(C(C)=O)=C(\CC)N=C(C)N. The third kappa shape index (κ3) is 20.4. The molecule has 35 heavy (non-hydrogen) atoms. The zero-order valence-corrected chi connectivity index (χ0v) is 22.5. The number of rotatable bonds is 9. The van der Waals surface area contributed by atoms with Gasteiger partial charge in [0, 0.05) is 24.6 Å². The molecule has 0 amide bonds. The van der Waals surface area contributed by atoms with Crippen LogP contribution in [0.4, 0.5) is 13.2 Å². The minimum absolute atomic E-state index is 0.0255. The molecule has 5 nitrogen and oxygen atoms in total. The molecule has 2 N–H and O–H groups in total. The second kappa shape index (κ2) is 18.7. The Balaban J connectivity index is 0. The van der Waals surface area contributed by atoms with Crippen LogP contribution in [0, 0.1) is 0 Å². The van der Waals surface area contributed by atoms with E-state index in [0.29, 0.717) is 5.84 Å². The van der Waals surface area contributed by atoms with Crippen LogP contribution in [0.5, 0.6) is 0 Å². The molecule has 0 radical (unpaired) electrons. The minimum Gasteiger partial charge on any atom is -0.463 e. The van der Waals surface area contributed by atoms with Crippen LogP contribution < -0.4 is 5.73 Å². The maximum absolute atomic E-state index is 11.9. The number of amidine groups is 1. The summed E-state index contributed by atoms with van der Waals surface area (Å²) in [4.78, 5) is 25.6. The fraction of sp³-hybridized carbons (Fsp3) is 0.593. The van der Waals surface area contributed by atoms with Crippen LogP contribution in [-0.2, 0) is 14.3 Å². The van der Waals surface area contributed by atoms with Gasteiger partial charge < -0.3 is 10.5 Å². The number of halogens is 3. The number of benzene rings is 1. The highest BCUT2D eigenvalue weighted by molar-refractivity contribution is 5.94. The predicted molar refractivity (Wildman–Crippen MR) is 137 cm³/mol. The lowest BCUT2D eigenvalue weighted by atomic mass is 9.96. The summed E-state index contributed by atoms with van der Waals surface area (Å²) in [7, 11) is 0. The van der Waals surface area contributed by atoms with E-state index in [1.54, 1.807) is 13.8 Å². The maximum atomic E-state index is 11.9. The number of ketones is 1. The number of Topliss-reactive ketones (excluding diaryl/α,β-unsaturated/α-hetero) is 1. The molecule has 0 spiro atoms. The smallest absolute Gasteiger partial charge is 0.389 e. The molecule has 1 aromatic carbocycles. The van der Waals surface area contributed by atoms with Crippen molar-refractivity contribution in [2.45, 2.75) is 106 Å². The summed E-state index contributed by atoms with van der Waals surface area (Å²) < 4.78 is 40.4. The average molecular weight is 501 g/mol. The van der Waals surface area contributed by atoms with Gasteiger partial charge in [0.15, 0.2) is 5.78 Å². The molecule has 0 saturated carbocycles. The first-order valence-corrected chi connectivity index (χ1v) is 12.0. The number of hydrogen-bond acceptors (Lipinski definition) is 4. The Morgan fingerprint density at radius 2 is 1.57 bits per heavy atom. The van der Waals surface area contributed by atoms with Crippen LogP contribution >= 0.6 is 0 Å². The highest BCUT2D eigenvalue weighted by atomic mass is 19.4. The van der Waals surface area contributed by atoms with Crippen molar-refractivity contribution in [2.75, 3.05) is 0 Å². The first-order chi connectivity index (χ1) is 16.1. The fourth-order valence-electron chi connectivity index (χ4n) is 3.01. The van der Waals surface area contributed by atoms with Gasteiger partial charge in [-0.25, -0.2) is 4.99 Å². The maximum Gasteiger partial charge on any atom is 0.389 e. The summed E-state index contributed by atoms with van der Waals surface area (Å²) in [6.45, 7) is 14.2. The first kappa shape index (κ1) is 34.5. The van der Waals surface area contributed by atoms with Crippen LogP contribution in [0.2, 0.25) is 0 Å². The second-order valence-electron chi connectivity index (χ2n) is 8.46. The molecule has 0 bridgehead atoms. The van der Waals surface area contributed by atoms with Gasteiger partial charge in [0.25, 0.3) is 0 Å². The Morgan fingerprint density at radius 1 is 1.03 bits per heavy atom. The van der Waals surface area contributed by atoms with Gasteiger partial charge in [-0.15, -0.1) is 0 Å². The summed E-state index contributed by atoms with van der Waals surface area (Å²) in [5.41, 5.74) is 8.13. The molecule has 0 saturated heterocycles. The van der Waals surface area contributed by atoms with Gasteiger partial charge in [-0.2, -0.15) is 13.2 Å². The molecule has 0 fully saturated rings. The van der Waals surface area contributed by atoms with Gasteiger partial charge in [0.1, 0.15) is 0 Å². The number of carbonyl (C=O) groups excluding carboxylic acids is 2. The molecule has 0 heterocycles. The molecule has 0 aliphatic rings. The molecule has 1 rings (SSSR count). The summed E-state index contributed by atoms with van der Waals surface area (Å²) in [6.07, 6.45) is -2.06. The number of nitrogens with two attached hydrogens (primary N) is 1. The monoisotopic (exact) mass is 500 g/mol. The van der Waals surface area contributed by atoms with Crippen molar-refractivity contribution in [3.8, 4) is 0 Å². The lowest BCUT2D eigenvalue weighted by Gasteiger charge is -2.12. The van der Waals surface area contributed by atoms with Crippen LogP contribution in [0.1, 0.15) is 99.0 Å². The van der Waals surface area contributed by atoms with E-state index in [9.17, 15) is 22.8 Å². The first-order valence-electron chi connectivity index (χ1n) is 12.0. The van der Waals surface area contributed by atoms with Crippen LogP contribution in [0.3, 0.4) is 0 Å². The zero-order chi connectivity index (χ0) is 27.6. The Bertz CT molecular complexity index is 798. The van der Waals surface area contributed by atoms with E-state index in [1.807, 2.05) is 58.0 Å². The molecular formula is C27H43F3N2O3. The van der Waals surface area contributed by atoms with Gasteiger partial charge in [-0.3, -0.25) is 9.59 Å². The average Bonchev–Trinajstić information content (AvgIpc) is 2.74. The Hall–Kier alpha value is -2.64. The third-order valence-corrected chi connectivity index (χ3v) is 4.55. The van der Waals surface area contributed by atoms with Gasteiger partial charge in [0.05, 0.1) is 11.9 Å². The molecular weight excluding hydrogens is 457 g/mol. The quantitative estimate of drug-likeness (QED) is 0.165. The molecule has 1 unspecified atom stereocenters. The van der Waals surface area contributed by atoms with Gasteiger partial charge in [0.2, 0.25) is 0 Å². The van der Waals surface area contributed by atoms with E-state index < -0.39 is 12.6 Å². The van der Waals surface area contributed by atoms with Crippen molar-refractivity contribution in [3.63, 3.8) is 0 Å². The molecule has 0 aliphatic carbocycles. The Morgan fingerprint density at radius 3 is 1.89 bits per heavy atom. The van der Waals surface area contributed by atoms with E-state index in [2.05, 4.69) is 16.7 Å². The Kier molecular flexibility index (Phi) is 18.4. The lowest BCUT2D eigenvalue weighted by Crippen LogP contribution is -2.08. The normalized spacial score (nSPS) is 13.0. The molecule has 200 valence electrons. The van der Waals surface area contributed by atoms with Crippen LogP contribution in [0.15, 0.2) is 46.6 Å². The van der Waals surface area contributed by atoms with E-state index in [-0.39, 0.29) is 30.2 Å². The number of hydrogen-bond donors (Lipinski definition) is 1. The number of esters is 1. The van der Waals surface area contributed by atoms with Crippen molar-refractivity contribution in [1.29, 1.82) is 0 Å². The third-order valence-electron chi connectivity index (χ3n) is 4.55.